The van der Waals surface area contributed by atoms with E-state index in [4.69, 9.17) is 0 Å². The van der Waals surface area contributed by atoms with Crippen LogP contribution in [-0.2, 0) is 35.1 Å². The summed E-state index contributed by atoms with van der Waals surface area (Å²) in [6, 6.07) is 33.7. The molecule has 49 heavy (non-hydrogen) atoms. The second-order valence-electron chi connectivity index (χ2n) is 16.2. The summed E-state index contributed by atoms with van der Waals surface area (Å²) in [4.78, 5) is 0. The van der Waals surface area contributed by atoms with Gasteiger partial charge < -0.3 is 24.8 Å². The predicted octanol–water partition coefficient (Wildman–Crippen LogP) is 6.85. The molecule has 0 radical (unpaired) electrons. The second kappa shape index (κ2) is 17.2. The molecule has 0 N–H and O–H groups in total. The number of aryl methyl sites for hydroxylation is 2. The summed E-state index contributed by atoms with van der Waals surface area (Å²) in [6.45, 7) is 26.8. The maximum atomic E-state index is 3.37. The van der Waals surface area contributed by atoms with Gasteiger partial charge in [-0.3, -0.25) is 6.08 Å². The molecule has 0 unspecified atom stereocenters. The molecular weight excluding hydrogens is 715 g/mol. The van der Waals surface area contributed by atoms with Crippen LogP contribution in [0.3, 0.4) is 0 Å². The monoisotopic (exact) mass is 766 g/mol. The third-order valence-corrected chi connectivity index (χ3v) is 10.4. The normalized spacial score (nSPS) is 12.9. The van der Waals surface area contributed by atoms with Crippen molar-refractivity contribution < 1.29 is 49.0 Å². The van der Waals surface area contributed by atoms with Crippen molar-refractivity contribution in [2.75, 3.05) is 0 Å². The maximum Gasteiger partial charge on any atom is -1.00 e. The fourth-order valence-electron chi connectivity index (χ4n) is 5.94. The number of halogens is 2. The van der Waals surface area contributed by atoms with Crippen molar-refractivity contribution in [2.24, 2.45) is 5.41 Å². The zero-order valence-corrected chi connectivity index (χ0v) is 35.7. The summed E-state index contributed by atoms with van der Waals surface area (Å²) in [7, 11) is 0. The summed E-state index contributed by atoms with van der Waals surface area (Å²) < 4.78 is 1.42. The summed E-state index contributed by atoms with van der Waals surface area (Å²) >= 11 is 1.46. The molecule has 0 amide bonds. The van der Waals surface area contributed by atoms with Gasteiger partial charge in [-0.25, -0.2) is 11.1 Å². The molecule has 0 fully saturated rings. The first-order chi connectivity index (χ1) is 21.8. The van der Waals surface area contributed by atoms with Crippen LogP contribution in [-0.4, -0.2) is 3.21 Å². The van der Waals surface area contributed by atoms with Gasteiger partial charge in [0, 0.05) is 0 Å². The second-order valence-corrected chi connectivity index (χ2v) is 17.5. The van der Waals surface area contributed by atoms with Crippen LogP contribution in [0.5, 0.6) is 0 Å². The molecule has 0 saturated heterocycles. The van der Waals surface area contributed by atoms with Gasteiger partial charge in [0.15, 0.2) is 0 Å². The van der Waals surface area contributed by atoms with Crippen LogP contribution in [0.25, 0.3) is 21.5 Å². The van der Waals surface area contributed by atoms with Crippen LogP contribution in [0.4, 0.5) is 0 Å². The Morgan fingerprint density at radius 3 is 1.24 bits per heavy atom. The van der Waals surface area contributed by atoms with E-state index in [1.807, 2.05) is 0 Å². The number of benzene rings is 4. The van der Waals surface area contributed by atoms with Crippen molar-refractivity contribution in [3.63, 3.8) is 0 Å². The minimum absolute atomic E-state index is 0. The number of allylic oxidation sites excluding steroid dienone is 4. The fourth-order valence-corrected chi connectivity index (χ4v) is 6.76. The molecule has 0 aromatic heterocycles. The van der Waals surface area contributed by atoms with Gasteiger partial charge in [0.25, 0.3) is 0 Å². The van der Waals surface area contributed by atoms with Crippen LogP contribution >= 0.6 is 0 Å². The number of fused-ring (bicyclic) bond motifs is 3. The van der Waals surface area contributed by atoms with Gasteiger partial charge in [-0.15, -0.1) is 53.1 Å². The number of rotatable bonds is 2. The van der Waals surface area contributed by atoms with Gasteiger partial charge in [-0.2, -0.15) is 6.08 Å². The van der Waals surface area contributed by atoms with Gasteiger partial charge >= 0.3 is 112 Å². The first kappa shape index (κ1) is 42.7. The number of hydrogen-bond donors (Lipinski definition) is 0. The van der Waals surface area contributed by atoms with Gasteiger partial charge in [-0.05, 0) is 16.2 Å². The molecule has 1 aliphatic rings. The van der Waals surface area contributed by atoms with Gasteiger partial charge in [0.2, 0.25) is 0 Å². The van der Waals surface area contributed by atoms with Crippen molar-refractivity contribution in [3.8, 4) is 0 Å². The first-order valence-electron chi connectivity index (χ1n) is 17.0. The molecule has 0 heterocycles. The molecule has 0 bridgehead atoms. The molecule has 0 spiro atoms. The predicted molar refractivity (Wildman–Crippen MR) is 205 cm³/mol. The summed E-state index contributed by atoms with van der Waals surface area (Å²) in [5.74, 6) is 0. The molecule has 0 saturated carbocycles. The van der Waals surface area contributed by atoms with Crippen LogP contribution in [0.15, 0.2) is 108 Å². The average Bonchev–Trinajstić information content (AvgIpc) is 3.60. The quantitative estimate of drug-likeness (QED) is 0.173. The molecule has 258 valence electrons. The van der Waals surface area contributed by atoms with Gasteiger partial charge in [0.05, 0.1) is 0 Å². The number of hydrogen-bond acceptors (Lipinski definition) is 0. The Labute approximate surface area is 325 Å². The van der Waals surface area contributed by atoms with Crippen LogP contribution in [0.2, 0.25) is 0 Å². The topological polar surface area (TPSA) is 0 Å². The molecule has 5 aromatic carbocycles. The van der Waals surface area contributed by atoms with Crippen molar-refractivity contribution in [1.82, 2.24) is 0 Å². The molecular formula is C46H54Cl2Zr-2. The summed E-state index contributed by atoms with van der Waals surface area (Å²) in [5, 5.41) is 5.49. The van der Waals surface area contributed by atoms with E-state index in [-0.39, 0.29) is 41.1 Å². The SMILES string of the molecule is CC(C)(C)c1ccc2[cH-]c3ccc(C(C)(C)C)cc3c2c1.CC1=CC[C-]=C1C(C)(C)C.Cc1ccc([C](=[Zr+2])c2ccc(C)cc2)cc1.[Cl-].[Cl-]. The van der Waals surface area contributed by atoms with Gasteiger partial charge in [-0.1, -0.05) is 97.7 Å². The minimum Gasteiger partial charge on any atom is -1.00 e. The first-order valence-corrected chi connectivity index (χ1v) is 18.2. The molecule has 0 aliphatic heterocycles. The minimum atomic E-state index is 0. The summed E-state index contributed by atoms with van der Waals surface area (Å²) in [6.07, 6.45) is 6.62. The van der Waals surface area contributed by atoms with E-state index in [9.17, 15) is 0 Å². The van der Waals surface area contributed by atoms with Crippen molar-refractivity contribution in [3.05, 3.63) is 148 Å². The van der Waals surface area contributed by atoms with Crippen molar-refractivity contribution >= 4 is 24.8 Å². The van der Waals surface area contributed by atoms with E-state index < -0.39 is 0 Å². The molecule has 1 aliphatic carbocycles. The zero-order chi connectivity index (χ0) is 34.7. The summed E-state index contributed by atoms with van der Waals surface area (Å²) in [5.41, 5.74) is 11.6. The Hall–Kier alpha value is -2.44. The smallest absolute Gasteiger partial charge is 1.00 e. The third-order valence-electron chi connectivity index (χ3n) is 8.95. The van der Waals surface area contributed by atoms with Crippen LogP contribution in [0.1, 0.15) is 109 Å². The van der Waals surface area contributed by atoms with E-state index in [1.165, 1.54) is 93.5 Å². The largest absolute Gasteiger partial charge is 1.00 e. The third kappa shape index (κ3) is 11.3. The molecule has 0 atom stereocenters. The molecule has 0 nitrogen and oxygen atoms in total. The molecule has 3 heteroatoms. The Morgan fingerprint density at radius 2 is 0.959 bits per heavy atom. The van der Waals surface area contributed by atoms with E-state index >= 15 is 0 Å². The molecule has 6 rings (SSSR count). The Kier molecular flexibility index (Phi) is 15.0. The molecule has 5 aromatic rings. The van der Waals surface area contributed by atoms with E-state index in [0.29, 0.717) is 0 Å². The zero-order valence-electron chi connectivity index (χ0n) is 31.7. The van der Waals surface area contributed by atoms with E-state index in [1.54, 1.807) is 0 Å². The Balaban J connectivity index is 0.000000265. The maximum absolute atomic E-state index is 3.37. The Morgan fingerprint density at radius 1 is 0.571 bits per heavy atom. The average molecular weight is 769 g/mol. The Bertz CT molecular complexity index is 1800. The van der Waals surface area contributed by atoms with Gasteiger partial charge in [0.1, 0.15) is 0 Å². The van der Waals surface area contributed by atoms with Crippen LogP contribution < -0.4 is 24.8 Å². The fraction of sp³-hybridized carbons (Fsp3) is 0.348. The van der Waals surface area contributed by atoms with Crippen molar-refractivity contribution in [1.29, 1.82) is 0 Å². The van der Waals surface area contributed by atoms with Crippen LogP contribution in [0, 0.1) is 25.3 Å². The van der Waals surface area contributed by atoms with E-state index in [0.717, 1.165) is 6.42 Å². The van der Waals surface area contributed by atoms with E-state index in [2.05, 4.69) is 186 Å². The van der Waals surface area contributed by atoms with Crippen molar-refractivity contribution in [2.45, 2.75) is 100 Å². The standard InChI is InChI=1S/C21H25.C15H14.C10H15.2ClH.Zr/c1-20(2,3)16-9-7-14-11-15-8-10-17(21(4,5)6)13-19(15)18(14)12-16;1-12-3-7-14(8-4-12)11-15-9-5-13(2)6-10-15;1-8-6-5-7-9(8)10(2,3)4;;;/h7-13H,1-6H3;3-10H,1-2H3;6H,5H2,1-4H3;2*1H;/q-1;;-1;;;+2/p-2.